The predicted octanol–water partition coefficient (Wildman–Crippen LogP) is 3.32. The number of carbonyl (C=O) groups is 1. The van der Waals surface area contributed by atoms with E-state index in [9.17, 15) is 4.79 Å². The molecule has 2 aromatic rings. The highest BCUT2D eigenvalue weighted by atomic mass is 127. The number of amides is 1. The third kappa shape index (κ3) is 3.92. The second-order valence-corrected chi connectivity index (χ2v) is 8.00. The lowest BCUT2D eigenvalue weighted by atomic mass is 10.1. The average molecular weight is 441 g/mol. The molecule has 23 heavy (non-hydrogen) atoms. The summed E-state index contributed by atoms with van der Waals surface area (Å²) in [7, 11) is 0. The van der Waals surface area contributed by atoms with Gasteiger partial charge >= 0.3 is 0 Å². The standard InChI is InChI=1S/C17H20IN3OS/c1-12-4-3-5-15(16(12)18)17(22)21-8-6-20(7-9-21)10-14-11-23-13(2)19-14/h3-5,11H,6-10H2,1-2H3. The van der Waals surface area contributed by atoms with E-state index in [4.69, 9.17) is 0 Å². The van der Waals surface area contributed by atoms with E-state index in [0.717, 1.165) is 58.1 Å². The van der Waals surface area contributed by atoms with Gasteiger partial charge in [-0.25, -0.2) is 4.98 Å². The van der Waals surface area contributed by atoms with Crippen LogP contribution in [0.25, 0.3) is 0 Å². The molecule has 0 spiro atoms. The Hall–Kier alpha value is -0.990. The van der Waals surface area contributed by atoms with Crippen LogP contribution in [0, 0.1) is 17.4 Å². The van der Waals surface area contributed by atoms with Gasteiger partial charge in [0.2, 0.25) is 0 Å². The molecule has 0 unspecified atom stereocenters. The molecule has 0 atom stereocenters. The maximum absolute atomic E-state index is 12.7. The molecule has 4 nitrogen and oxygen atoms in total. The average Bonchev–Trinajstić information content (AvgIpc) is 2.95. The molecule has 1 fully saturated rings. The van der Waals surface area contributed by atoms with Crippen LogP contribution in [-0.2, 0) is 6.54 Å². The van der Waals surface area contributed by atoms with Crippen molar-refractivity contribution in [1.82, 2.24) is 14.8 Å². The number of thiazole rings is 1. The normalized spacial score (nSPS) is 15.9. The van der Waals surface area contributed by atoms with E-state index in [1.165, 1.54) is 0 Å². The Morgan fingerprint density at radius 2 is 2.00 bits per heavy atom. The molecule has 1 aliphatic rings. The number of rotatable bonds is 3. The number of carbonyl (C=O) groups excluding carboxylic acids is 1. The molecule has 6 heteroatoms. The van der Waals surface area contributed by atoms with E-state index < -0.39 is 0 Å². The first-order chi connectivity index (χ1) is 11.0. The van der Waals surface area contributed by atoms with E-state index in [-0.39, 0.29) is 5.91 Å². The Morgan fingerprint density at radius 3 is 2.65 bits per heavy atom. The second kappa shape index (κ2) is 7.27. The highest BCUT2D eigenvalue weighted by Crippen LogP contribution is 2.19. The van der Waals surface area contributed by atoms with E-state index in [2.05, 4.69) is 37.9 Å². The molecule has 1 amide bonds. The summed E-state index contributed by atoms with van der Waals surface area (Å²) >= 11 is 3.97. The van der Waals surface area contributed by atoms with Gasteiger partial charge in [-0.05, 0) is 48.1 Å². The molecule has 0 radical (unpaired) electrons. The molecule has 1 aromatic heterocycles. The van der Waals surface area contributed by atoms with Crippen LogP contribution in [-0.4, -0.2) is 46.9 Å². The van der Waals surface area contributed by atoms with Crippen LogP contribution in [0.5, 0.6) is 0 Å². The van der Waals surface area contributed by atoms with Crippen molar-refractivity contribution < 1.29 is 4.79 Å². The van der Waals surface area contributed by atoms with Crippen LogP contribution in [0.4, 0.5) is 0 Å². The fourth-order valence-electron chi connectivity index (χ4n) is 2.80. The number of benzene rings is 1. The maximum Gasteiger partial charge on any atom is 0.255 e. The van der Waals surface area contributed by atoms with Gasteiger partial charge in [0, 0.05) is 41.7 Å². The zero-order valence-corrected chi connectivity index (χ0v) is 16.4. The van der Waals surface area contributed by atoms with Gasteiger partial charge in [0.15, 0.2) is 0 Å². The Bertz CT molecular complexity index is 708. The topological polar surface area (TPSA) is 36.4 Å². The molecule has 0 aliphatic carbocycles. The van der Waals surface area contributed by atoms with Gasteiger partial charge in [-0.2, -0.15) is 0 Å². The SMILES string of the molecule is Cc1nc(CN2CCN(C(=O)c3cccc(C)c3I)CC2)cs1. The Morgan fingerprint density at radius 1 is 1.26 bits per heavy atom. The Kier molecular flexibility index (Phi) is 5.33. The van der Waals surface area contributed by atoms with Crippen molar-refractivity contribution in [3.8, 4) is 0 Å². The van der Waals surface area contributed by atoms with Crippen LogP contribution in [0.2, 0.25) is 0 Å². The van der Waals surface area contributed by atoms with Gasteiger partial charge in [0.05, 0.1) is 16.3 Å². The number of hydrogen-bond acceptors (Lipinski definition) is 4. The summed E-state index contributed by atoms with van der Waals surface area (Å²) in [5.74, 6) is 0.155. The molecular weight excluding hydrogens is 421 g/mol. The minimum absolute atomic E-state index is 0.155. The lowest BCUT2D eigenvalue weighted by molar-refractivity contribution is 0.0626. The molecule has 1 aromatic carbocycles. The van der Waals surface area contributed by atoms with E-state index in [1.807, 2.05) is 36.9 Å². The van der Waals surface area contributed by atoms with Gasteiger partial charge in [-0.1, -0.05) is 12.1 Å². The van der Waals surface area contributed by atoms with Crippen LogP contribution < -0.4 is 0 Å². The van der Waals surface area contributed by atoms with Crippen molar-refractivity contribution in [3.05, 3.63) is 49.0 Å². The number of hydrogen-bond donors (Lipinski definition) is 0. The highest BCUT2D eigenvalue weighted by Gasteiger charge is 2.24. The van der Waals surface area contributed by atoms with Crippen molar-refractivity contribution >= 4 is 39.8 Å². The fourth-order valence-corrected chi connectivity index (χ4v) is 4.00. The predicted molar refractivity (Wildman–Crippen MR) is 102 cm³/mol. The first-order valence-electron chi connectivity index (χ1n) is 7.72. The van der Waals surface area contributed by atoms with E-state index in [1.54, 1.807) is 11.3 Å². The number of aromatic nitrogens is 1. The van der Waals surface area contributed by atoms with Crippen molar-refractivity contribution in [1.29, 1.82) is 0 Å². The highest BCUT2D eigenvalue weighted by molar-refractivity contribution is 14.1. The van der Waals surface area contributed by atoms with Crippen LogP contribution in [0.3, 0.4) is 0 Å². The minimum atomic E-state index is 0.155. The van der Waals surface area contributed by atoms with Crippen LogP contribution in [0.15, 0.2) is 23.6 Å². The third-order valence-electron chi connectivity index (χ3n) is 4.13. The second-order valence-electron chi connectivity index (χ2n) is 5.86. The van der Waals surface area contributed by atoms with Gasteiger partial charge in [0.25, 0.3) is 5.91 Å². The van der Waals surface area contributed by atoms with Crippen molar-refractivity contribution in [3.63, 3.8) is 0 Å². The minimum Gasteiger partial charge on any atom is -0.336 e. The number of piperazine rings is 1. The summed E-state index contributed by atoms with van der Waals surface area (Å²) in [5, 5.41) is 3.24. The van der Waals surface area contributed by atoms with Crippen LogP contribution in [0.1, 0.15) is 26.6 Å². The first-order valence-corrected chi connectivity index (χ1v) is 9.68. The number of halogens is 1. The number of nitrogens with zero attached hydrogens (tertiary/aromatic N) is 3. The summed E-state index contributed by atoms with van der Waals surface area (Å²) in [6, 6.07) is 5.94. The smallest absolute Gasteiger partial charge is 0.255 e. The molecular formula is C17H20IN3OS. The first kappa shape index (κ1) is 16.9. The Balaban J connectivity index is 1.60. The van der Waals surface area contributed by atoms with Gasteiger partial charge < -0.3 is 4.90 Å². The van der Waals surface area contributed by atoms with Crippen molar-refractivity contribution in [2.75, 3.05) is 26.2 Å². The van der Waals surface area contributed by atoms with Crippen molar-refractivity contribution in [2.45, 2.75) is 20.4 Å². The summed E-state index contributed by atoms with van der Waals surface area (Å²) < 4.78 is 1.07. The Labute approximate surface area is 154 Å². The summed E-state index contributed by atoms with van der Waals surface area (Å²) in [5.41, 5.74) is 3.13. The quantitative estimate of drug-likeness (QED) is 0.686. The third-order valence-corrected chi connectivity index (χ3v) is 6.39. The van der Waals surface area contributed by atoms with Gasteiger partial charge in [-0.15, -0.1) is 11.3 Å². The van der Waals surface area contributed by atoms with E-state index >= 15 is 0 Å². The monoisotopic (exact) mass is 441 g/mol. The van der Waals surface area contributed by atoms with Crippen molar-refractivity contribution in [2.24, 2.45) is 0 Å². The lowest BCUT2D eigenvalue weighted by Gasteiger charge is -2.34. The van der Waals surface area contributed by atoms with Crippen LogP contribution >= 0.6 is 33.9 Å². The molecule has 1 aliphatic heterocycles. The summed E-state index contributed by atoms with van der Waals surface area (Å²) in [6.07, 6.45) is 0. The van der Waals surface area contributed by atoms with E-state index in [0.29, 0.717) is 0 Å². The summed E-state index contributed by atoms with van der Waals surface area (Å²) in [4.78, 5) is 21.6. The zero-order valence-electron chi connectivity index (χ0n) is 13.4. The molecule has 122 valence electrons. The zero-order chi connectivity index (χ0) is 16.4. The van der Waals surface area contributed by atoms with Gasteiger partial charge in [0.1, 0.15) is 0 Å². The molecule has 3 rings (SSSR count). The summed E-state index contributed by atoms with van der Waals surface area (Å²) in [6.45, 7) is 8.35. The number of aryl methyl sites for hydroxylation is 2. The fraction of sp³-hybridized carbons (Fsp3) is 0.412. The lowest BCUT2D eigenvalue weighted by Crippen LogP contribution is -2.48. The maximum atomic E-state index is 12.7. The molecule has 0 N–H and O–H groups in total. The molecule has 1 saturated heterocycles. The molecule has 0 saturated carbocycles. The van der Waals surface area contributed by atoms with Gasteiger partial charge in [-0.3, -0.25) is 9.69 Å². The molecule has 2 heterocycles. The molecule has 0 bridgehead atoms. The largest absolute Gasteiger partial charge is 0.336 e.